The lowest BCUT2D eigenvalue weighted by Gasteiger charge is -2.05. The zero-order valence-corrected chi connectivity index (χ0v) is 14.8. The van der Waals surface area contributed by atoms with Crippen molar-refractivity contribution in [2.24, 2.45) is 0 Å². The number of sulfonamides is 1. The highest BCUT2D eigenvalue weighted by molar-refractivity contribution is 7.89. The molecule has 1 heterocycles. The molecule has 0 saturated carbocycles. The van der Waals surface area contributed by atoms with E-state index < -0.39 is 26.6 Å². The van der Waals surface area contributed by atoms with Gasteiger partial charge >= 0.3 is 0 Å². The summed E-state index contributed by atoms with van der Waals surface area (Å²) in [4.78, 5) is 3.61. The first kappa shape index (κ1) is 18.8. The second kappa shape index (κ2) is 8.12. The highest BCUT2D eigenvalue weighted by Crippen LogP contribution is 2.22. The Balaban J connectivity index is 1.58. The maximum Gasteiger partial charge on any atom is 0.244 e. The van der Waals surface area contributed by atoms with Gasteiger partial charge in [0.25, 0.3) is 0 Å². The molecule has 0 aliphatic heterocycles. The Morgan fingerprint density at radius 1 is 1.07 bits per heavy atom. The van der Waals surface area contributed by atoms with Gasteiger partial charge in [-0.1, -0.05) is 30.0 Å². The molecule has 0 saturated heterocycles. The molecule has 0 atom stereocenters. The number of nitrogens with one attached hydrogen (secondary N) is 1. The van der Waals surface area contributed by atoms with Crippen LogP contribution in [0.5, 0.6) is 5.75 Å². The molecule has 5 nitrogen and oxygen atoms in total. The van der Waals surface area contributed by atoms with Crippen molar-refractivity contribution in [3.8, 4) is 17.6 Å². The lowest BCUT2D eigenvalue weighted by atomic mass is 10.2. The van der Waals surface area contributed by atoms with Crippen LogP contribution in [0.25, 0.3) is 10.9 Å². The van der Waals surface area contributed by atoms with Crippen LogP contribution >= 0.6 is 0 Å². The zero-order chi connectivity index (χ0) is 19.3. The fraction of sp³-hybridized carbons (Fsp3) is 0.105. The van der Waals surface area contributed by atoms with Crippen LogP contribution in [0.4, 0.5) is 8.78 Å². The molecule has 1 aromatic heterocycles. The number of hydrogen-bond acceptors (Lipinski definition) is 4. The first-order valence-electron chi connectivity index (χ1n) is 7.84. The monoisotopic (exact) mass is 388 g/mol. The third kappa shape index (κ3) is 4.58. The molecule has 3 rings (SSSR count). The molecular weight excluding hydrogens is 374 g/mol. The molecule has 8 heteroatoms. The molecule has 3 aromatic rings. The van der Waals surface area contributed by atoms with E-state index >= 15 is 0 Å². The minimum absolute atomic E-state index is 0.0301. The number of rotatable bonds is 5. The van der Waals surface area contributed by atoms with Crippen molar-refractivity contribution in [3.05, 3.63) is 66.4 Å². The Labute approximate surface area is 155 Å². The van der Waals surface area contributed by atoms with Gasteiger partial charge in [-0.2, -0.15) is 4.72 Å². The van der Waals surface area contributed by atoms with E-state index in [2.05, 4.69) is 21.5 Å². The van der Waals surface area contributed by atoms with Gasteiger partial charge in [-0.05, 0) is 24.3 Å². The zero-order valence-electron chi connectivity index (χ0n) is 13.9. The second-order valence-electron chi connectivity index (χ2n) is 5.37. The molecule has 0 bridgehead atoms. The summed E-state index contributed by atoms with van der Waals surface area (Å²) < 4.78 is 58.1. The highest BCUT2D eigenvalue weighted by Gasteiger charge is 2.18. The number of aromatic nitrogens is 1. The Hall–Kier alpha value is -3.02. The summed E-state index contributed by atoms with van der Waals surface area (Å²) in [6.45, 7) is -0.210. The summed E-state index contributed by atoms with van der Waals surface area (Å²) in [6.07, 6.45) is 1.66. The van der Waals surface area contributed by atoms with Crippen LogP contribution in [0.3, 0.4) is 0 Å². The number of ether oxygens (including phenoxy) is 1. The average Bonchev–Trinajstić information content (AvgIpc) is 2.64. The number of hydrogen-bond donors (Lipinski definition) is 1. The van der Waals surface area contributed by atoms with Crippen molar-refractivity contribution in [2.45, 2.75) is 4.90 Å². The van der Waals surface area contributed by atoms with Gasteiger partial charge in [-0.3, -0.25) is 4.98 Å². The average molecular weight is 388 g/mol. The van der Waals surface area contributed by atoms with Crippen molar-refractivity contribution in [1.82, 2.24) is 9.71 Å². The molecule has 0 radical (unpaired) electrons. The summed E-state index contributed by atoms with van der Waals surface area (Å²) in [5.41, 5.74) is 0.703. The minimum atomic E-state index is -4.12. The van der Waals surface area contributed by atoms with E-state index in [1.165, 1.54) is 0 Å². The van der Waals surface area contributed by atoms with Crippen LogP contribution in [0.2, 0.25) is 0 Å². The predicted octanol–water partition coefficient (Wildman–Crippen LogP) is 2.87. The fourth-order valence-corrected chi connectivity index (χ4v) is 3.30. The minimum Gasteiger partial charge on any atom is -0.479 e. The Morgan fingerprint density at radius 2 is 1.89 bits per heavy atom. The first-order valence-corrected chi connectivity index (χ1v) is 9.33. The highest BCUT2D eigenvalue weighted by atomic mass is 32.2. The molecule has 0 fully saturated rings. The third-order valence-electron chi connectivity index (χ3n) is 3.55. The Morgan fingerprint density at radius 3 is 2.70 bits per heavy atom. The predicted molar refractivity (Wildman–Crippen MR) is 96.6 cm³/mol. The summed E-state index contributed by atoms with van der Waals surface area (Å²) in [7, 11) is -4.12. The van der Waals surface area contributed by atoms with Gasteiger partial charge in [0.2, 0.25) is 10.0 Å². The van der Waals surface area contributed by atoms with Crippen LogP contribution in [0.15, 0.2) is 59.6 Å². The second-order valence-corrected chi connectivity index (χ2v) is 7.11. The van der Waals surface area contributed by atoms with Gasteiger partial charge in [-0.25, -0.2) is 17.2 Å². The molecule has 0 aliphatic carbocycles. The van der Waals surface area contributed by atoms with Gasteiger partial charge < -0.3 is 4.74 Å². The number of pyridine rings is 1. The van der Waals surface area contributed by atoms with Crippen LogP contribution < -0.4 is 9.46 Å². The fourth-order valence-electron chi connectivity index (χ4n) is 2.32. The van der Waals surface area contributed by atoms with E-state index in [4.69, 9.17) is 4.74 Å². The molecule has 1 N–H and O–H groups in total. The topological polar surface area (TPSA) is 68.3 Å². The Bertz CT molecular complexity index is 1130. The van der Waals surface area contributed by atoms with E-state index in [0.717, 1.165) is 17.5 Å². The van der Waals surface area contributed by atoms with Crippen molar-refractivity contribution in [1.29, 1.82) is 0 Å². The number of fused-ring (bicyclic) bond motifs is 1. The van der Waals surface area contributed by atoms with Gasteiger partial charge in [0.15, 0.2) is 0 Å². The van der Waals surface area contributed by atoms with Gasteiger partial charge in [0, 0.05) is 17.6 Å². The van der Waals surface area contributed by atoms with E-state index in [9.17, 15) is 17.2 Å². The van der Waals surface area contributed by atoms with Crippen molar-refractivity contribution >= 4 is 20.9 Å². The van der Waals surface area contributed by atoms with E-state index in [1.54, 1.807) is 12.3 Å². The van der Waals surface area contributed by atoms with Crippen molar-refractivity contribution in [2.75, 3.05) is 13.2 Å². The molecule has 0 aliphatic rings. The number of nitrogens with zero attached hydrogens (tertiary/aromatic N) is 1. The molecule has 0 unspecified atom stereocenters. The largest absolute Gasteiger partial charge is 0.479 e. The Kier molecular flexibility index (Phi) is 5.64. The van der Waals surface area contributed by atoms with Gasteiger partial charge in [0.1, 0.15) is 34.4 Å². The summed E-state index contributed by atoms with van der Waals surface area (Å²) >= 11 is 0. The SMILES string of the molecule is O=S(=O)(NCC#CCOc1cccc2cccnc12)c1ccc(F)cc1F. The standard InChI is InChI=1S/C19H14F2N2O3S/c20-15-8-9-18(16(21)13-15)27(24,25)23-11-1-2-12-26-17-7-3-5-14-6-4-10-22-19(14)17/h3-10,13,23H,11-12H2. The summed E-state index contributed by atoms with van der Waals surface area (Å²) in [5, 5.41) is 0.928. The maximum atomic E-state index is 13.6. The van der Waals surface area contributed by atoms with E-state index in [0.29, 0.717) is 17.3 Å². The quantitative estimate of drug-likeness (QED) is 0.683. The van der Waals surface area contributed by atoms with E-state index in [1.807, 2.05) is 24.3 Å². The number of para-hydroxylation sites is 1. The van der Waals surface area contributed by atoms with Crippen molar-refractivity contribution in [3.63, 3.8) is 0 Å². The van der Waals surface area contributed by atoms with Crippen LogP contribution in [-0.4, -0.2) is 26.6 Å². The van der Waals surface area contributed by atoms with Crippen LogP contribution in [0.1, 0.15) is 0 Å². The molecule has 0 spiro atoms. The summed E-state index contributed by atoms with van der Waals surface area (Å²) in [6, 6.07) is 11.5. The summed E-state index contributed by atoms with van der Waals surface area (Å²) in [5.74, 6) is 3.79. The lowest BCUT2D eigenvalue weighted by molar-refractivity contribution is 0.374. The first-order chi connectivity index (χ1) is 13.0. The number of benzene rings is 2. The smallest absolute Gasteiger partial charge is 0.244 e. The molecule has 138 valence electrons. The maximum absolute atomic E-state index is 13.6. The van der Waals surface area contributed by atoms with Gasteiger partial charge in [-0.15, -0.1) is 0 Å². The van der Waals surface area contributed by atoms with Crippen LogP contribution in [-0.2, 0) is 10.0 Å². The molecular formula is C19H14F2N2O3S. The molecule has 0 amide bonds. The molecule has 2 aromatic carbocycles. The van der Waals surface area contributed by atoms with Crippen molar-refractivity contribution < 1.29 is 21.9 Å². The molecule has 27 heavy (non-hydrogen) atoms. The van der Waals surface area contributed by atoms with Crippen LogP contribution in [0, 0.1) is 23.5 Å². The third-order valence-corrected chi connectivity index (χ3v) is 4.99. The van der Waals surface area contributed by atoms with Gasteiger partial charge in [0.05, 0.1) is 6.54 Å². The normalized spacial score (nSPS) is 11.0. The van der Waals surface area contributed by atoms with E-state index in [-0.39, 0.29) is 13.2 Å². The lowest BCUT2D eigenvalue weighted by Crippen LogP contribution is -2.25. The number of halogens is 2.